The van der Waals surface area contributed by atoms with Crippen LogP contribution in [0.4, 0.5) is 21.5 Å². The Balaban J connectivity index is 2.26. The number of halogens is 1. The zero-order valence-corrected chi connectivity index (χ0v) is 10.3. The van der Waals surface area contributed by atoms with Gasteiger partial charge in [-0.25, -0.2) is 4.39 Å². The van der Waals surface area contributed by atoms with E-state index < -0.39 is 0 Å². The molecule has 92 valence electrons. The van der Waals surface area contributed by atoms with E-state index in [-0.39, 0.29) is 5.82 Å². The van der Waals surface area contributed by atoms with Crippen LogP contribution >= 0.6 is 0 Å². The maximum absolute atomic E-state index is 12.7. The molecule has 0 heterocycles. The van der Waals surface area contributed by atoms with E-state index in [9.17, 15) is 4.39 Å². The molecular weight excluding hydrogens is 229 g/mol. The van der Waals surface area contributed by atoms with Crippen molar-refractivity contribution >= 4 is 17.1 Å². The number of hydrogen-bond donors (Lipinski definition) is 1. The molecule has 2 aromatic rings. The Labute approximate surface area is 105 Å². The van der Waals surface area contributed by atoms with Crippen molar-refractivity contribution in [1.82, 2.24) is 0 Å². The lowest BCUT2D eigenvalue weighted by atomic mass is 10.1. The maximum Gasteiger partial charge on any atom is 0.123 e. The highest BCUT2D eigenvalue weighted by atomic mass is 19.1. The van der Waals surface area contributed by atoms with Gasteiger partial charge in [0.2, 0.25) is 0 Å². The lowest BCUT2D eigenvalue weighted by Crippen LogP contribution is -1.92. The van der Waals surface area contributed by atoms with E-state index in [2.05, 4.69) is 10.2 Å². The Morgan fingerprint density at radius 1 is 0.889 bits per heavy atom. The number of benzene rings is 2. The summed E-state index contributed by atoms with van der Waals surface area (Å²) in [5.41, 5.74) is 9.94. The van der Waals surface area contributed by atoms with Gasteiger partial charge in [-0.3, -0.25) is 0 Å². The van der Waals surface area contributed by atoms with Crippen LogP contribution in [0.1, 0.15) is 11.1 Å². The number of hydrogen-bond acceptors (Lipinski definition) is 3. The van der Waals surface area contributed by atoms with Gasteiger partial charge in [0.1, 0.15) is 5.82 Å². The smallest absolute Gasteiger partial charge is 0.123 e. The summed E-state index contributed by atoms with van der Waals surface area (Å²) in [6, 6.07) is 9.61. The number of nitrogen functional groups attached to an aromatic ring is 1. The fourth-order valence-electron chi connectivity index (χ4n) is 1.63. The third kappa shape index (κ3) is 2.71. The van der Waals surface area contributed by atoms with E-state index >= 15 is 0 Å². The van der Waals surface area contributed by atoms with Crippen LogP contribution in [0.2, 0.25) is 0 Å². The summed E-state index contributed by atoms with van der Waals surface area (Å²) in [6.07, 6.45) is 0. The molecule has 0 saturated heterocycles. The molecule has 18 heavy (non-hydrogen) atoms. The second-order valence-corrected chi connectivity index (χ2v) is 4.17. The van der Waals surface area contributed by atoms with Gasteiger partial charge in [-0.05, 0) is 61.4 Å². The SMILES string of the molecule is Cc1cc(N=Nc2ccc(F)cc2)cc(C)c1N. The highest BCUT2D eigenvalue weighted by molar-refractivity contribution is 5.59. The number of nitrogens with zero attached hydrogens (tertiary/aromatic N) is 2. The molecule has 0 unspecified atom stereocenters. The number of azo groups is 1. The lowest BCUT2D eigenvalue weighted by Gasteiger charge is -2.04. The van der Waals surface area contributed by atoms with Crippen LogP contribution in [0, 0.1) is 19.7 Å². The minimum atomic E-state index is -0.284. The Kier molecular flexibility index (Phi) is 3.37. The van der Waals surface area contributed by atoms with Gasteiger partial charge in [-0.15, -0.1) is 0 Å². The zero-order valence-electron chi connectivity index (χ0n) is 10.3. The molecule has 0 spiro atoms. The highest BCUT2D eigenvalue weighted by Crippen LogP contribution is 2.25. The fourth-order valence-corrected chi connectivity index (χ4v) is 1.63. The first-order valence-electron chi connectivity index (χ1n) is 5.60. The van der Waals surface area contributed by atoms with Gasteiger partial charge in [-0.2, -0.15) is 10.2 Å². The summed E-state index contributed by atoms with van der Waals surface area (Å²) in [5.74, 6) is -0.284. The summed E-state index contributed by atoms with van der Waals surface area (Å²) in [6.45, 7) is 3.86. The van der Waals surface area contributed by atoms with Gasteiger partial charge < -0.3 is 5.73 Å². The van der Waals surface area contributed by atoms with Crippen molar-refractivity contribution in [2.24, 2.45) is 10.2 Å². The molecule has 0 amide bonds. The molecule has 3 nitrogen and oxygen atoms in total. The molecule has 2 aromatic carbocycles. The molecule has 0 aliphatic carbocycles. The molecule has 0 aliphatic rings. The largest absolute Gasteiger partial charge is 0.398 e. The quantitative estimate of drug-likeness (QED) is 0.615. The standard InChI is InChI=1S/C14H14FN3/c1-9-7-13(8-10(2)14(9)16)18-17-12-5-3-11(15)4-6-12/h3-8H,16H2,1-2H3. The number of rotatable bonds is 2. The number of anilines is 1. The Morgan fingerprint density at radius 2 is 1.39 bits per heavy atom. The predicted octanol–water partition coefficient (Wildman–Crippen LogP) is 4.44. The molecule has 0 saturated carbocycles. The summed E-state index contributed by atoms with van der Waals surface area (Å²) in [7, 11) is 0. The average Bonchev–Trinajstić information content (AvgIpc) is 2.35. The monoisotopic (exact) mass is 243 g/mol. The van der Waals surface area contributed by atoms with Crippen LogP contribution in [0.3, 0.4) is 0 Å². The molecule has 0 fully saturated rings. The van der Waals surface area contributed by atoms with Gasteiger partial charge in [-0.1, -0.05) is 0 Å². The highest BCUT2D eigenvalue weighted by Gasteiger charge is 2.00. The Morgan fingerprint density at radius 3 is 1.94 bits per heavy atom. The Bertz CT molecular complexity index is 565. The van der Waals surface area contributed by atoms with E-state index in [1.807, 2.05) is 26.0 Å². The van der Waals surface area contributed by atoms with Crippen molar-refractivity contribution in [2.45, 2.75) is 13.8 Å². The van der Waals surface area contributed by atoms with Gasteiger partial charge in [0.25, 0.3) is 0 Å². The second kappa shape index (κ2) is 4.96. The minimum absolute atomic E-state index is 0.284. The average molecular weight is 243 g/mol. The van der Waals surface area contributed by atoms with Crippen molar-refractivity contribution in [3.8, 4) is 0 Å². The summed E-state index contributed by atoms with van der Waals surface area (Å²) in [4.78, 5) is 0. The van der Waals surface area contributed by atoms with E-state index in [1.54, 1.807) is 12.1 Å². The summed E-state index contributed by atoms with van der Waals surface area (Å²) >= 11 is 0. The van der Waals surface area contributed by atoms with Crippen LogP contribution < -0.4 is 5.73 Å². The van der Waals surface area contributed by atoms with E-state index in [1.165, 1.54) is 12.1 Å². The van der Waals surface area contributed by atoms with E-state index in [0.29, 0.717) is 5.69 Å². The number of aryl methyl sites for hydroxylation is 2. The topological polar surface area (TPSA) is 50.7 Å². The van der Waals surface area contributed by atoms with Crippen molar-refractivity contribution in [1.29, 1.82) is 0 Å². The van der Waals surface area contributed by atoms with Gasteiger partial charge >= 0.3 is 0 Å². The van der Waals surface area contributed by atoms with Crippen LogP contribution in [0.25, 0.3) is 0 Å². The van der Waals surface area contributed by atoms with Crippen molar-refractivity contribution in [3.63, 3.8) is 0 Å². The van der Waals surface area contributed by atoms with Crippen LogP contribution in [-0.2, 0) is 0 Å². The van der Waals surface area contributed by atoms with Crippen molar-refractivity contribution in [2.75, 3.05) is 5.73 Å². The zero-order chi connectivity index (χ0) is 13.1. The van der Waals surface area contributed by atoms with Gasteiger partial charge in [0.15, 0.2) is 0 Å². The summed E-state index contributed by atoms with van der Waals surface area (Å²) < 4.78 is 12.7. The van der Waals surface area contributed by atoms with Gasteiger partial charge in [0, 0.05) is 5.69 Å². The molecule has 4 heteroatoms. The van der Waals surface area contributed by atoms with Gasteiger partial charge in [0.05, 0.1) is 11.4 Å². The molecule has 2 rings (SSSR count). The van der Waals surface area contributed by atoms with E-state index in [0.717, 1.165) is 22.5 Å². The molecule has 2 N–H and O–H groups in total. The normalized spacial score (nSPS) is 11.1. The minimum Gasteiger partial charge on any atom is -0.398 e. The molecule has 0 atom stereocenters. The van der Waals surface area contributed by atoms with Crippen molar-refractivity contribution in [3.05, 3.63) is 53.3 Å². The molecule has 0 aliphatic heterocycles. The second-order valence-electron chi connectivity index (χ2n) is 4.17. The molecular formula is C14H14FN3. The predicted molar refractivity (Wildman–Crippen MR) is 70.9 cm³/mol. The third-order valence-electron chi connectivity index (χ3n) is 2.69. The van der Waals surface area contributed by atoms with E-state index in [4.69, 9.17) is 5.73 Å². The molecule has 0 radical (unpaired) electrons. The van der Waals surface area contributed by atoms with Crippen molar-refractivity contribution < 1.29 is 4.39 Å². The fraction of sp³-hybridized carbons (Fsp3) is 0.143. The van der Waals surface area contributed by atoms with Crippen LogP contribution in [-0.4, -0.2) is 0 Å². The first kappa shape index (κ1) is 12.2. The number of nitrogens with two attached hydrogens (primary N) is 1. The van der Waals surface area contributed by atoms with Crippen LogP contribution in [0.15, 0.2) is 46.6 Å². The lowest BCUT2D eigenvalue weighted by molar-refractivity contribution is 0.628. The molecule has 0 aromatic heterocycles. The molecule has 0 bridgehead atoms. The third-order valence-corrected chi connectivity index (χ3v) is 2.69. The first-order chi connectivity index (χ1) is 8.56. The van der Waals surface area contributed by atoms with Crippen LogP contribution in [0.5, 0.6) is 0 Å². The summed E-state index contributed by atoms with van der Waals surface area (Å²) in [5, 5.41) is 8.16. The first-order valence-corrected chi connectivity index (χ1v) is 5.60. The maximum atomic E-state index is 12.7. The Hall–Kier alpha value is -2.23.